The molecule has 0 aliphatic carbocycles. The van der Waals surface area contributed by atoms with Crippen molar-refractivity contribution in [1.29, 1.82) is 0 Å². The molecule has 0 aliphatic heterocycles. The van der Waals surface area contributed by atoms with Gasteiger partial charge in [-0.2, -0.15) is 4.98 Å². The molecular weight excluding hydrogens is 447 g/mol. The normalized spacial score (nSPS) is 11.8. The quantitative estimate of drug-likeness (QED) is 0.532. The Hall–Kier alpha value is -1.71. The maximum atomic E-state index is 14.0. The number of nitrogens with zero attached hydrogens (tertiary/aromatic N) is 4. The molecule has 138 valence electrons. The summed E-state index contributed by atoms with van der Waals surface area (Å²) in [5.74, 6) is -0.158. The third kappa shape index (κ3) is 4.16. The van der Waals surface area contributed by atoms with Gasteiger partial charge in [0.1, 0.15) is 16.9 Å². The van der Waals surface area contributed by atoms with Gasteiger partial charge in [0.25, 0.3) is 0 Å². The van der Waals surface area contributed by atoms with Gasteiger partial charge in [-0.05, 0) is 65.8 Å². The van der Waals surface area contributed by atoms with Crippen LogP contribution in [0.3, 0.4) is 0 Å². The van der Waals surface area contributed by atoms with E-state index in [-0.39, 0.29) is 17.6 Å². The van der Waals surface area contributed by atoms with Gasteiger partial charge >= 0.3 is 6.09 Å². The van der Waals surface area contributed by atoms with E-state index in [4.69, 9.17) is 16.3 Å². The van der Waals surface area contributed by atoms with Gasteiger partial charge in [-0.25, -0.2) is 13.7 Å². The van der Waals surface area contributed by atoms with Crippen molar-refractivity contribution in [2.24, 2.45) is 0 Å². The number of hydrogen-bond acceptors (Lipinski definition) is 5. The molecule has 0 radical (unpaired) electrons. The third-order valence-electron chi connectivity index (χ3n) is 3.25. The number of rotatable bonds is 3. The topological polar surface area (TPSA) is 59.7 Å². The van der Waals surface area contributed by atoms with E-state index in [1.54, 1.807) is 38.4 Å². The third-order valence-corrected chi connectivity index (χ3v) is 4.72. The molecule has 0 spiro atoms. The van der Waals surface area contributed by atoms with E-state index in [1.165, 1.54) is 26.8 Å². The van der Waals surface area contributed by atoms with Crippen LogP contribution in [0.1, 0.15) is 25.6 Å². The molecule has 0 bridgehead atoms. The maximum absolute atomic E-state index is 14.0. The van der Waals surface area contributed by atoms with Crippen LogP contribution >= 0.6 is 38.9 Å². The zero-order valence-corrected chi connectivity index (χ0v) is 17.3. The minimum Gasteiger partial charge on any atom is -0.443 e. The number of thiophene rings is 1. The SMILES string of the molecule is CC(C)(C)OC(=O)N(Cc1sccc1F)c1nc(Cl)nn2cc(Br)cc12. The number of carbonyl (C=O) groups is 1. The van der Waals surface area contributed by atoms with Crippen molar-refractivity contribution in [3.63, 3.8) is 0 Å². The molecule has 0 saturated heterocycles. The summed E-state index contributed by atoms with van der Waals surface area (Å²) in [6.07, 6.45) is 1.03. The van der Waals surface area contributed by atoms with Crippen LogP contribution in [0.25, 0.3) is 5.52 Å². The molecule has 3 aromatic rings. The second kappa shape index (κ2) is 7.13. The lowest BCUT2D eigenvalue weighted by Crippen LogP contribution is -2.37. The van der Waals surface area contributed by atoms with Crippen LogP contribution < -0.4 is 4.90 Å². The van der Waals surface area contributed by atoms with Crippen LogP contribution in [0.15, 0.2) is 28.2 Å². The molecule has 3 aromatic heterocycles. The molecule has 1 amide bonds. The molecule has 3 rings (SSSR count). The minimum atomic E-state index is -0.723. The molecule has 10 heteroatoms. The molecule has 0 aromatic carbocycles. The first-order valence-corrected chi connectivity index (χ1v) is 9.63. The fourth-order valence-corrected chi connectivity index (χ4v) is 3.56. The van der Waals surface area contributed by atoms with Crippen LogP contribution in [0, 0.1) is 5.82 Å². The van der Waals surface area contributed by atoms with E-state index in [1.807, 2.05) is 0 Å². The zero-order valence-electron chi connectivity index (χ0n) is 14.2. The molecule has 0 fully saturated rings. The predicted molar refractivity (Wildman–Crippen MR) is 102 cm³/mol. The highest BCUT2D eigenvalue weighted by Crippen LogP contribution is 2.29. The molecule has 0 aliphatic rings. The van der Waals surface area contributed by atoms with Crippen LogP contribution in [0.2, 0.25) is 5.28 Å². The van der Waals surface area contributed by atoms with E-state index in [2.05, 4.69) is 26.0 Å². The molecule has 3 heterocycles. The highest BCUT2D eigenvalue weighted by Gasteiger charge is 2.28. The summed E-state index contributed by atoms with van der Waals surface area (Å²) in [4.78, 5) is 18.7. The first-order chi connectivity index (χ1) is 12.1. The van der Waals surface area contributed by atoms with Crippen molar-refractivity contribution >= 4 is 56.3 Å². The Labute approximate surface area is 166 Å². The Morgan fingerprint density at radius 1 is 1.50 bits per heavy atom. The van der Waals surface area contributed by atoms with Crippen molar-refractivity contribution < 1.29 is 13.9 Å². The van der Waals surface area contributed by atoms with Crippen molar-refractivity contribution in [2.75, 3.05) is 4.90 Å². The number of halogens is 3. The van der Waals surface area contributed by atoms with Crippen LogP contribution in [0.5, 0.6) is 0 Å². The summed E-state index contributed by atoms with van der Waals surface area (Å²) >= 11 is 10.6. The van der Waals surface area contributed by atoms with Gasteiger partial charge in [0, 0.05) is 10.7 Å². The number of carbonyl (C=O) groups excluding carboxylic acids is 1. The van der Waals surface area contributed by atoms with E-state index < -0.39 is 17.5 Å². The van der Waals surface area contributed by atoms with Crippen molar-refractivity contribution in [1.82, 2.24) is 14.6 Å². The van der Waals surface area contributed by atoms with Crippen LogP contribution in [0.4, 0.5) is 15.0 Å². The highest BCUT2D eigenvalue weighted by atomic mass is 79.9. The van der Waals surface area contributed by atoms with E-state index in [0.717, 1.165) is 4.47 Å². The predicted octanol–water partition coefficient (Wildman–Crippen LogP) is 5.29. The van der Waals surface area contributed by atoms with Crippen molar-refractivity contribution in [2.45, 2.75) is 32.9 Å². The molecule has 0 atom stereocenters. The first-order valence-electron chi connectivity index (χ1n) is 7.58. The number of fused-ring (bicyclic) bond motifs is 1. The second-order valence-corrected chi connectivity index (χ2v) is 8.71. The summed E-state index contributed by atoms with van der Waals surface area (Å²) in [6, 6.07) is 3.09. The van der Waals surface area contributed by atoms with Gasteiger partial charge in [0.05, 0.1) is 11.4 Å². The van der Waals surface area contributed by atoms with Gasteiger partial charge in [-0.15, -0.1) is 16.4 Å². The lowest BCUT2D eigenvalue weighted by atomic mass is 10.2. The molecular formula is C16H15BrClFN4O2S. The van der Waals surface area contributed by atoms with Gasteiger partial charge in [0.15, 0.2) is 5.82 Å². The lowest BCUT2D eigenvalue weighted by molar-refractivity contribution is 0.0577. The molecule has 26 heavy (non-hydrogen) atoms. The van der Waals surface area contributed by atoms with Gasteiger partial charge < -0.3 is 4.74 Å². The number of anilines is 1. The maximum Gasteiger partial charge on any atom is 0.416 e. The largest absolute Gasteiger partial charge is 0.443 e. The van der Waals surface area contributed by atoms with E-state index in [9.17, 15) is 9.18 Å². The summed E-state index contributed by atoms with van der Waals surface area (Å²) in [5.41, 5.74) is -0.192. The lowest BCUT2D eigenvalue weighted by Gasteiger charge is -2.26. The number of hydrogen-bond donors (Lipinski definition) is 0. The Morgan fingerprint density at radius 2 is 2.23 bits per heavy atom. The minimum absolute atomic E-state index is 0.0375. The number of ether oxygens (including phenoxy) is 1. The van der Waals surface area contributed by atoms with Crippen LogP contribution in [-0.4, -0.2) is 26.3 Å². The van der Waals surface area contributed by atoms with E-state index in [0.29, 0.717) is 10.4 Å². The second-order valence-electron chi connectivity index (χ2n) is 6.45. The Morgan fingerprint density at radius 3 is 2.85 bits per heavy atom. The smallest absolute Gasteiger partial charge is 0.416 e. The van der Waals surface area contributed by atoms with Crippen LogP contribution in [-0.2, 0) is 11.3 Å². The highest BCUT2D eigenvalue weighted by molar-refractivity contribution is 9.10. The molecule has 0 unspecified atom stereocenters. The molecule has 6 nitrogen and oxygen atoms in total. The Bertz CT molecular complexity index is 969. The average molecular weight is 462 g/mol. The van der Waals surface area contributed by atoms with Crippen molar-refractivity contribution in [3.8, 4) is 0 Å². The van der Waals surface area contributed by atoms with Gasteiger partial charge in [-0.3, -0.25) is 4.90 Å². The van der Waals surface area contributed by atoms with Gasteiger partial charge in [0.2, 0.25) is 5.28 Å². The summed E-state index contributed by atoms with van der Waals surface area (Å²) in [5, 5.41) is 5.65. The molecule has 0 N–H and O–H groups in total. The fourth-order valence-electron chi connectivity index (χ4n) is 2.25. The van der Waals surface area contributed by atoms with Crippen molar-refractivity contribution in [3.05, 3.63) is 44.2 Å². The Kier molecular flexibility index (Phi) is 5.23. The molecule has 0 saturated carbocycles. The zero-order chi connectivity index (χ0) is 19.1. The monoisotopic (exact) mass is 460 g/mol. The number of amides is 1. The van der Waals surface area contributed by atoms with Gasteiger partial charge in [-0.1, -0.05) is 0 Å². The average Bonchev–Trinajstić information content (AvgIpc) is 3.07. The summed E-state index contributed by atoms with van der Waals surface area (Å²) < 4.78 is 21.7. The summed E-state index contributed by atoms with van der Waals surface area (Å²) in [6.45, 7) is 5.23. The summed E-state index contributed by atoms with van der Waals surface area (Å²) in [7, 11) is 0. The Balaban J connectivity index is 2.11. The first kappa shape index (κ1) is 19.1. The number of aromatic nitrogens is 3. The fraction of sp³-hybridized carbons (Fsp3) is 0.312. The standard InChI is InChI=1S/C16H15BrClFN4O2S/c1-16(2,3)25-15(24)22(8-12-10(19)4-5-26-12)13-11-6-9(17)7-23(11)21-14(18)20-13/h4-7H,8H2,1-3H3. The van der Waals surface area contributed by atoms with E-state index >= 15 is 0 Å².